The van der Waals surface area contributed by atoms with Gasteiger partial charge in [0.1, 0.15) is 0 Å². The van der Waals surface area contributed by atoms with Gasteiger partial charge in [-0.3, -0.25) is 0 Å². The standard InChI is InChI=1S/C10H15F3N2O3/c11-10(12,13)9(16)18-15-1-2-17-8(6-15)3-7-4-14-5-7/h7-8,14H,1-6H2. The van der Waals surface area contributed by atoms with Crippen molar-refractivity contribution in [3.8, 4) is 0 Å². The molecule has 0 bridgehead atoms. The minimum Gasteiger partial charge on any atom is -0.375 e. The van der Waals surface area contributed by atoms with Crippen molar-refractivity contribution in [3.05, 3.63) is 0 Å². The summed E-state index contributed by atoms with van der Waals surface area (Å²) >= 11 is 0. The number of hydroxylamine groups is 2. The van der Waals surface area contributed by atoms with Crippen molar-refractivity contribution in [1.82, 2.24) is 10.4 Å². The number of nitrogens with zero attached hydrogens (tertiary/aromatic N) is 1. The van der Waals surface area contributed by atoms with Crippen LogP contribution in [0.4, 0.5) is 13.2 Å². The fraction of sp³-hybridized carbons (Fsp3) is 0.900. The fourth-order valence-electron chi connectivity index (χ4n) is 1.97. The van der Waals surface area contributed by atoms with Crippen LogP contribution in [0.25, 0.3) is 0 Å². The van der Waals surface area contributed by atoms with Gasteiger partial charge < -0.3 is 14.9 Å². The number of halogens is 3. The second-order valence-corrected chi connectivity index (χ2v) is 4.52. The first-order valence-electron chi connectivity index (χ1n) is 5.81. The number of ether oxygens (including phenoxy) is 1. The van der Waals surface area contributed by atoms with Crippen LogP contribution in [0.15, 0.2) is 0 Å². The van der Waals surface area contributed by atoms with E-state index >= 15 is 0 Å². The number of rotatable bonds is 3. The highest BCUT2D eigenvalue weighted by Gasteiger charge is 2.43. The molecule has 2 aliphatic rings. The first kappa shape index (κ1) is 13.6. The van der Waals surface area contributed by atoms with E-state index in [9.17, 15) is 18.0 Å². The minimum absolute atomic E-state index is 0.168. The Morgan fingerprint density at radius 1 is 1.44 bits per heavy atom. The van der Waals surface area contributed by atoms with Crippen LogP contribution >= 0.6 is 0 Å². The molecule has 0 aliphatic carbocycles. The molecule has 1 atom stereocenters. The Balaban J connectivity index is 1.77. The molecule has 8 heteroatoms. The predicted octanol–water partition coefficient (Wildman–Crippen LogP) is 0.317. The average Bonchev–Trinajstić information content (AvgIpc) is 2.23. The smallest absolute Gasteiger partial charge is 0.375 e. The van der Waals surface area contributed by atoms with Crippen molar-refractivity contribution in [2.75, 3.05) is 32.8 Å². The Hall–Kier alpha value is -0.860. The van der Waals surface area contributed by atoms with Crippen molar-refractivity contribution in [2.24, 2.45) is 5.92 Å². The van der Waals surface area contributed by atoms with Crippen LogP contribution in [-0.2, 0) is 14.4 Å². The Labute approximate surface area is 102 Å². The lowest BCUT2D eigenvalue weighted by Crippen LogP contribution is -2.49. The van der Waals surface area contributed by atoms with E-state index < -0.39 is 12.1 Å². The number of morpholine rings is 1. The molecule has 2 aliphatic heterocycles. The van der Waals surface area contributed by atoms with Gasteiger partial charge in [0.25, 0.3) is 0 Å². The molecule has 2 saturated heterocycles. The van der Waals surface area contributed by atoms with Gasteiger partial charge in [-0.15, -0.1) is 5.06 Å². The molecule has 0 spiro atoms. The van der Waals surface area contributed by atoms with Crippen LogP contribution in [0.5, 0.6) is 0 Å². The van der Waals surface area contributed by atoms with Gasteiger partial charge in [-0.1, -0.05) is 0 Å². The van der Waals surface area contributed by atoms with Gasteiger partial charge in [0.05, 0.1) is 25.8 Å². The maximum Gasteiger partial charge on any atom is 0.492 e. The van der Waals surface area contributed by atoms with Gasteiger partial charge in [0, 0.05) is 0 Å². The molecule has 0 aromatic rings. The Morgan fingerprint density at radius 2 is 2.17 bits per heavy atom. The van der Waals surface area contributed by atoms with E-state index in [-0.39, 0.29) is 25.8 Å². The molecule has 5 nitrogen and oxygen atoms in total. The number of nitrogens with one attached hydrogen (secondary N) is 1. The minimum atomic E-state index is -4.95. The van der Waals surface area contributed by atoms with E-state index in [2.05, 4.69) is 10.2 Å². The molecule has 0 radical (unpaired) electrons. The Kier molecular flexibility index (Phi) is 4.08. The van der Waals surface area contributed by atoms with Gasteiger partial charge in [-0.05, 0) is 25.4 Å². The molecular formula is C10H15F3N2O3. The van der Waals surface area contributed by atoms with E-state index in [0.29, 0.717) is 5.92 Å². The first-order chi connectivity index (χ1) is 8.45. The number of hydrogen-bond acceptors (Lipinski definition) is 5. The van der Waals surface area contributed by atoms with E-state index in [1.165, 1.54) is 0 Å². The van der Waals surface area contributed by atoms with Crippen molar-refractivity contribution in [3.63, 3.8) is 0 Å². The largest absolute Gasteiger partial charge is 0.492 e. The molecule has 1 unspecified atom stereocenters. The van der Waals surface area contributed by atoms with Crippen molar-refractivity contribution in [2.45, 2.75) is 18.7 Å². The predicted molar refractivity (Wildman–Crippen MR) is 54.4 cm³/mol. The van der Waals surface area contributed by atoms with Crippen LogP contribution in [0, 0.1) is 5.92 Å². The zero-order valence-electron chi connectivity index (χ0n) is 9.70. The highest BCUT2D eigenvalue weighted by molar-refractivity contribution is 5.75. The van der Waals surface area contributed by atoms with Crippen LogP contribution < -0.4 is 5.32 Å². The quantitative estimate of drug-likeness (QED) is 0.798. The van der Waals surface area contributed by atoms with Crippen molar-refractivity contribution >= 4 is 5.97 Å². The lowest BCUT2D eigenvalue weighted by atomic mass is 9.95. The summed E-state index contributed by atoms with van der Waals surface area (Å²) in [4.78, 5) is 15.0. The Bertz CT molecular complexity index is 307. The van der Waals surface area contributed by atoms with Crippen LogP contribution in [-0.4, -0.2) is 56.1 Å². The summed E-state index contributed by atoms with van der Waals surface area (Å²) in [5, 5.41) is 4.15. The summed E-state index contributed by atoms with van der Waals surface area (Å²) in [7, 11) is 0. The van der Waals surface area contributed by atoms with Crippen LogP contribution in [0.2, 0.25) is 0 Å². The second-order valence-electron chi connectivity index (χ2n) is 4.52. The molecule has 2 rings (SSSR count). The summed E-state index contributed by atoms with van der Waals surface area (Å²) < 4.78 is 41.5. The van der Waals surface area contributed by atoms with Gasteiger partial charge in [-0.25, -0.2) is 4.79 Å². The van der Waals surface area contributed by atoms with E-state index in [0.717, 1.165) is 24.6 Å². The summed E-state index contributed by atoms with van der Waals surface area (Å²) in [5.41, 5.74) is 0. The van der Waals surface area contributed by atoms with Gasteiger partial charge in [0.15, 0.2) is 0 Å². The zero-order chi connectivity index (χ0) is 13.2. The van der Waals surface area contributed by atoms with Gasteiger partial charge in [-0.2, -0.15) is 13.2 Å². The Morgan fingerprint density at radius 3 is 2.72 bits per heavy atom. The summed E-state index contributed by atoms with van der Waals surface area (Å²) in [6, 6.07) is 0. The number of alkyl halides is 3. The fourth-order valence-corrected chi connectivity index (χ4v) is 1.97. The molecule has 0 aromatic heterocycles. The van der Waals surface area contributed by atoms with Crippen LogP contribution in [0.3, 0.4) is 0 Å². The molecule has 2 fully saturated rings. The third kappa shape index (κ3) is 3.56. The molecule has 0 saturated carbocycles. The maximum absolute atomic E-state index is 12.0. The monoisotopic (exact) mass is 268 g/mol. The summed E-state index contributed by atoms with van der Waals surface area (Å²) in [6.45, 7) is 2.44. The number of carbonyl (C=O) groups is 1. The van der Waals surface area contributed by atoms with Crippen molar-refractivity contribution in [1.29, 1.82) is 0 Å². The van der Waals surface area contributed by atoms with E-state index in [4.69, 9.17) is 4.74 Å². The molecule has 0 amide bonds. The zero-order valence-corrected chi connectivity index (χ0v) is 9.70. The highest BCUT2D eigenvalue weighted by Crippen LogP contribution is 2.20. The number of hydrogen-bond donors (Lipinski definition) is 1. The maximum atomic E-state index is 12.0. The van der Waals surface area contributed by atoms with Gasteiger partial charge in [0.2, 0.25) is 0 Å². The molecule has 104 valence electrons. The highest BCUT2D eigenvalue weighted by atomic mass is 19.4. The van der Waals surface area contributed by atoms with Gasteiger partial charge >= 0.3 is 12.1 Å². The topological polar surface area (TPSA) is 50.8 Å². The van der Waals surface area contributed by atoms with E-state index in [1.807, 2.05) is 0 Å². The summed E-state index contributed by atoms with van der Waals surface area (Å²) in [5.74, 6) is -1.68. The average molecular weight is 268 g/mol. The molecule has 18 heavy (non-hydrogen) atoms. The summed E-state index contributed by atoms with van der Waals surface area (Å²) in [6.07, 6.45) is -4.36. The third-order valence-electron chi connectivity index (χ3n) is 3.01. The molecule has 0 aromatic carbocycles. The normalized spacial score (nSPS) is 26.7. The third-order valence-corrected chi connectivity index (χ3v) is 3.01. The van der Waals surface area contributed by atoms with E-state index in [1.54, 1.807) is 0 Å². The lowest BCUT2D eigenvalue weighted by Gasteiger charge is -2.35. The molecule has 1 N–H and O–H groups in total. The SMILES string of the molecule is O=C(ON1CCOC(CC2CNC2)C1)C(F)(F)F. The molecule has 2 heterocycles. The number of carbonyl (C=O) groups excluding carboxylic acids is 1. The van der Waals surface area contributed by atoms with Crippen molar-refractivity contribution < 1.29 is 27.5 Å². The van der Waals surface area contributed by atoms with Crippen LogP contribution in [0.1, 0.15) is 6.42 Å². The first-order valence-corrected chi connectivity index (χ1v) is 5.81. The lowest BCUT2D eigenvalue weighted by molar-refractivity contribution is -0.253. The molecular weight excluding hydrogens is 253 g/mol. The second kappa shape index (κ2) is 5.41.